The Morgan fingerprint density at radius 1 is 1.18 bits per heavy atom. The average molecular weight is 483 g/mol. The maximum atomic E-state index is 13.0. The second-order valence-electron chi connectivity index (χ2n) is 10.2. The molecule has 34 heavy (non-hydrogen) atoms. The molecule has 3 aliphatic rings. The third-order valence-corrected chi connectivity index (χ3v) is 7.85. The van der Waals surface area contributed by atoms with E-state index >= 15 is 0 Å². The number of β-amino-alcohol motifs (C(OH)–C–C–N with tert-alkyl or cyclic N) is 1. The van der Waals surface area contributed by atoms with Crippen LogP contribution < -0.4 is 4.90 Å². The number of anilines is 1. The van der Waals surface area contributed by atoms with E-state index in [0.29, 0.717) is 25.9 Å². The van der Waals surface area contributed by atoms with Crippen molar-refractivity contribution in [1.29, 1.82) is 0 Å². The first-order chi connectivity index (χ1) is 16.0. The number of hydrogen-bond acceptors (Lipinski definition) is 5. The zero-order valence-electron chi connectivity index (χ0n) is 19.6. The largest absolute Gasteiger partial charge is 0.389 e. The molecular formula is C24H33F3N4O3. The highest BCUT2D eigenvalue weighted by Crippen LogP contribution is 2.51. The van der Waals surface area contributed by atoms with Gasteiger partial charge in [0.2, 0.25) is 11.8 Å². The number of carbonyl (C=O) groups excluding carboxylic acids is 2. The van der Waals surface area contributed by atoms with Crippen LogP contribution in [0.3, 0.4) is 0 Å². The highest BCUT2D eigenvalue weighted by atomic mass is 19.4. The van der Waals surface area contributed by atoms with Crippen LogP contribution in [0.4, 0.5) is 19.0 Å². The minimum atomic E-state index is -4.39. The van der Waals surface area contributed by atoms with Gasteiger partial charge < -0.3 is 19.8 Å². The molecule has 1 aromatic rings. The smallest absolute Gasteiger partial charge is 0.387 e. The second-order valence-corrected chi connectivity index (χ2v) is 10.2. The van der Waals surface area contributed by atoms with Gasteiger partial charge in [-0.15, -0.1) is 0 Å². The van der Waals surface area contributed by atoms with Crippen molar-refractivity contribution in [3.05, 3.63) is 24.4 Å². The Bertz CT molecular complexity index is 891. The summed E-state index contributed by atoms with van der Waals surface area (Å²) in [6, 6.07) is 5.55. The summed E-state index contributed by atoms with van der Waals surface area (Å²) >= 11 is 0. The van der Waals surface area contributed by atoms with E-state index < -0.39 is 35.4 Å². The third kappa shape index (κ3) is 5.01. The average Bonchev–Trinajstić information content (AvgIpc) is 3.26. The summed E-state index contributed by atoms with van der Waals surface area (Å²) in [6.07, 6.45) is -0.419. The fourth-order valence-corrected chi connectivity index (χ4v) is 5.96. The van der Waals surface area contributed by atoms with Gasteiger partial charge in [0, 0.05) is 43.7 Å². The van der Waals surface area contributed by atoms with E-state index in [1.165, 1.54) is 11.8 Å². The molecule has 0 radical (unpaired) electrons. The lowest BCUT2D eigenvalue weighted by atomic mass is 9.65. The Hall–Kier alpha value is -2.36. The number of carbonyl (C=O) groups is 2. The Balaban J connectivity index is 1.44. The van der Waals surface area contributed by atoms with Crippen molar-refractivity contribution in [1.82, 2.24) is 14.8 Å². The lowest BCUT2D eigenvalue weighted by Gasteiger charge is -2.54. The third-order valence-electron chi connectivity index (χ3n) is 7.85. The van der Waals surface area contributed by atoms with Gasteiger partial charge in [0.05, 0.1) is 25.1 Å². The molecule has 2 saturated heterocycles. The number of aliphatic hydroxyl groups is 1. The summed E-state index contributed by atoms with van der Waals surface area (Å²) in [6.45, 7) is 3.18. The molecule has 2 aliphatic heterocycles. The molecule has 10 heteroatoms. The number of halogens is 3. The molecular weight excluding hydrogens is 449 g/mol. The highest BCUT2D eigenvalue weighted by molar-refractivity contribution is 5.82. The van der Waals surface area contributed by atoms with Gasteiger partial charge in [0.1, 0.15) is 5.82 Å². The lowest BCUT2D eigenvalue weighted by Crippen LogP contribution is -2.66. The zero-order valence-corrected chi connectivity index (χ0v) is 19.6. The van der Waals surface area contributed by atoms with E-state index in [4.69, 9.17) is 0 Å². The number of piperidine rings is 1. The molecule has 0 aromatic carbocycles. The normalized spacial score (nSPS) is 26.3. The van der Waals surface area contributed by atoms with Crippen LogP contribution in [-0.4, -0.2) is 82.8 Å². The maximum Gasteiger partial charge on any atom is 0.389 e. The quantitative estimate of drug-likeness (QED) is 0.699. The molecule has 1 aliphatic carbocycles. The predicted molar refractivity (Wildman–Crippen MR) is 120 cm³/mol. The van der Waals surface area contributed by atoms with Crippen LogP contribution in [0.15, 0.2) is 24.4 Å². The molecule has 2 unspecified atom stereocenters. The molecule has 7 nitrogen and oxygen atoms in total. The summed E-state index contributed by atoms with van der Waals surface area (Å²) in [5.41, 5.74) is -1.77. The van der Waals surface area contributed by atoms with E-state index in [1.807, 2.05) is 23.1 Å². The lowest BCUT2D eigenvalue weighted by molar-refractivity contribution is -0.175. The van der Waals surface area contributed by atoms with Crippen molar-refractivity contribution in [3.8, 4) is 0 Å². The van der Waals surface area contributed by atoms with Crippen molar-refractivity contribution in [2.45, 2.75) is 57.2 Å². The van der Waals surface area contributed by atoms with E-state index in [0.717, 1.165) is 18.7 Å². The van der Waals surface area contributed by atoms with Gasteiger partial charge in [-0.3, -0.25) is 9.59 Å². The number of pyridine rings is 1. The number of rotatable bonds is 5. The van der Waals surface area contributed by atoms with Crippen LogP contribution in [0.5, 0.6) is 0 Å². The number of likely N-dealkylation sites (tertiary alicyclic amines) is 1. The molecule has 1 spiro atoms. The summed E-state index contributed by atoms with van der Waals surface area (Å²) < 4.78 is 38.5. The zero-order chi connectivity index (χ0) is 24.6. The number of hydrogen-bond donors (Lipinski definition) is 1. The Kier molecular flexibility index (Phi) is 6.81. The molecule has 1 saturated carbocycles. The number of aromatic nitrogens is 1. The fraction of sp³-hybridized carbons (Fsp3) is 0.708. The van der Waals surface area contributed by atoms with Crippen LogP contribution in [-0.2, 0) is 9.59 Å². The minimum absolute atomic E-state index is 0.0872. The second kappa shape index (κ2) is 9.36. The van der Waals surface area contributed by atoms with Crippen LogP contribution in [0.25, 0.3) is 0 Å². The Labute approximate surface area is 197 Å². The van der Waals surface area contributed by atoms with E-state index in [9.17, 15) is 27.9 Å². The summed E-state index contributed by atoms with van der Waals surface area (Å²) in [4.78, 5) is 35.2. The first-order valence-corrected chi connectivity index (χ1v) is 12.0. The summed E-state index contributed by atoms with van der Waals surface area (Å²) in [5, 5.41) is 11.9. The molecule has 1 aromatic heterocycles. The van der Waals surface area contributed by atoms with Crippen molar-refractivity contribution in [3.63, 3.8) is 0 Å². The van der Waals surface area contributed by atoms with Crippen LogP contribution in [0.2, 0.25) is 0 Å². The van der Waals surface area contributed by atoms with Crippen molar-refractivity contribution < 1.29 is 27.9 Å². The molecule has 2 amide bonds. The van der Waals surface area contributed by atoms with Gasteiger partial charge in [-0.05, 0) is 31.4 Å². The van der Waals surface area contributed by atoms with E-state index in [2.05, 4.69) is 4.98 Å². The van der Waals surface area contributed by atoms with Crippen molar-refractivity contribution in [2.24, 2.45) is 11.3 Å². The highest BCUT2D eigenvalue weighted by Gasteiger charge is 2.56. The van der Waals surface area contributed by atoms with Gasteiger partial charge in [0.25, 0.3) is 0 Å². The molecule has 1 N–H and O–H groups in total. The molecule has 188 valence electrons. The van der Waals surface area contributed by atoms with E-state index in [1.54, 1.807) is 11.1 Å². The number of nitrogens with zero attached hydrogens (tertiary/aromatic N) is 4. The Morgan fingerprint density at radius 3 is 2.53 bits per heavy atom. The molecule has 3 heterocycles. The SMILES string of the molecule is CC(CC(F)(F)F)C(=O)N1CCC(O)(CN2CCN(c3ccccn3)CC2=O)C2(CCCC2)C1. The number of piperazine rings is 1. The van der Waals surface area contributed by atoms with E-state index in [-0.39, 0.29) is 38.5 Å². The van der Waals surface area contributed by atoms with Crippen LogP contribution >= 0.6 is 0 Å². The predicted octanol–water partition coefficient (Wildman–Crippen LogP) is 2.84. The van der Waals surface area contributed by atoms with Gasteiger partial charge in [-0.1, -0.05) is 25.8 Å². The van der Waals surface area contributed by atoms with Crippen molar-refractivity contribution >= 4 is 17.6 Å². The van der Waals surface area contributed by atoms with Crippen LogP contribution in [0.1, 0.15) is 45.4 Å². The first kappa shape index (κ1) is 24.8. The fourth-order valence-electron chi connectivity index (χ4n) is 5.96. The van der Waals surface area contributed by atoms with Crippen LogP contribution in [0, 0.1) is 11.3 Å². The molecule has 4 rings (SSSR count). The first-order valence-electron chi connectivity index (χ1n) is 12.0. The standard InChI is InChI=1S/C24H33F3N4O3/c1-18(14-24(25,26)27)21(33)31-11-9-23(34,22(16-31)7-3-4-8-22)17-30-13-12-29(15-20(30)32)19-6-2-5-10-28-19/h2,5-6,10,18,34H,3-4,7-9,11-17H2,1H3. The maximum absolute atomic E-state index is 13.0. The summed E-state index contributed by atoms with van der Waals surface area (Å²) in [7, 11) is 0. The number of amides is 2. The Morgan fingerprint density at radius 2 is 1.91 bits per heavy atom. The van der Waals surface area contributed by atoms with Gasteiger partial charge in [-0.2, -0.15) is 13.2 Å². The summed E-state index contributed by atoms with van der Waals surface area (Å²) in [5.74, 6) is -1.01. The topological polar surface area (TPSA) is 77.0 Å². The minimum Gasteiger partial charge on any atom is -0.387 e. The van der Waals surface area contributed by atoms with Gasteiger partial charge >= 0.3 is 6.18 Å². The van der Waals surface area contributed by atoms with Gasteiger partial charge in [-0.25, -0.2) is 4.98 Å². The number of alkyl halides is 3. The molecule has 2 atom stereocenters. The van der Waals surface area contributed by atoms with Crippen molar-refractivity contribution in [2.75, 3.05) is 44.2 Å². The molecule has 0 bridgehead atoms. The molecule has 3 fully saturated rings. The van der Waals surface area contributed by atoms with Gasteiger partial charge in [0.15, 0.2) is 0 Å². The monoisotopic (exact) mass is 482 g/mol.